The molecule has 1 N–H and O–H groups in total. The summed E-state index contributed by atoms with van der Waals surface area (Å²) in [5, 5.41) is 10.7. The first-order valence-electron chi connectivity index (χ1n) is 12.5. The van der Waals surface area contributed by atoms with Gasteiger partial charge in [0.05, 0.1) is 16.8 Å². The van der Waals surface area contributed by atoms with E-state index in [1.54, 1.807) is 0 Å². The van der Waals surface area contributed by atoms with Gasteiger partial charge in [0.15, 0.2) is 5.78 Å². The van der Waals surface area contributed by atoms with Gasteiger partial charge in [0.1, 0.15) is 0 Å². The molecule has 0 fully saturated rings. The molecule has 201 valence electrons. The van der Waals surface area contributed by atoms with Gasteiger partial charge in [-0.05, 0) is 48.1 Å². The Morgan fingerprint density at radius 1 is 0.625 bits per heavy atom. The van der Waals surface area contributed by atoms with E-state index in [4.69, 9.17) is 5.11 Å². The van der Waals surface area contributed by atoms with Crippen LogP contribution in [-0.4, -0.2) is 20.9 Å². The zero-order valence-corrected chi connectivity index (χ0v) is 24.6. The first kappa shape index (κ1) is 30.1. The summed E-state index contributed by atoms with van der Waals surface area (Å²) in [6, 6.07) is 46.7. The second-order valence-corrected chi connectivity index (χ2v) is 8.73. The number of carbonyl (C=O) groups is 1. The summed E-state index contributed by atoms with van der Waals surface area (Å²) in [5.41, 5.74) is 6.06. The smallest absolute Gasteiger partial charge is 0.155 e. The van der Waals surface area contributed by atoms with E-state index < -0.39 is 0 Å². The molecule has 0 saturated heterocycles. The van der Waals surface area contributed by atoms with Crippen molar-refractivity contribution in [3.63, 3.8) is 0 Å². The van der Waals surface area contributed by atoms with Crippen LogP contribution in [0, 0.1) is 12.1 Å². The molecule has 6 aromatic rings. The van der Waals surface area contributed by atoms with Gasteiger partial charge >= 0.3 is 0 Å². The van der Waals surface area contributed by atoms with Crippen LogP contribution in [0.2, 0.25) is 0 Å². The molecule has 5 heteroatoms. The Morgan fingerprint density at radius 3 is 1.40 bits per heavy atom. The van der Waals surface area contributed by atoms with Crippen LogP contribution in [0.15, 0.2) is 133 Å². The van der Waals surface area contributed by atoms with Gasteiger partial charge in [-0.15, -0.1) is 71.8 Å². The van der Waals surface area contributed by atoms with E-state index in [0.29, 0.717) is 0 Å². The van der Waals surface area contributed by atoms with Gasteiger partial charge in [-0.25, -0.2) is 0 Å². The Labute approximate surface area is 248 Å². The summed E-state index contributed by atoms with van der Waals surface area (Å²) >= 11 is 0. The van der Waals surface area contributed by atoms with Gasteiger partial charge in [0.2, 0.25) is 0 Å². The standard InChI is InChI=1S/2C15H10N.C5H8O2.Ir/c2*1-2-6-12(7-3-1)15-11-10-13-8-4-5-9-14(13)16-15;1-4(6)3-5(2)7;/h2*1-6,8-11H;3,6H,1-2H3;/q2*-1;;. The molecular formula is C35H28IrN2O2-2. The molecule has 2 aromatic heterocycles. The largest absolute Gasteiger partial charge is 0.512 e. The van der Waals surface area contributed by atoms with Gasteiger partial charge in [0, 0.05) is 26.2 Å². The first-order chi connectivity index (χ1) is 19.0. The Morgan fingerprint density at radius 2 is 1.05 bits per heavy atom. The average Bonchev–Trinajstić information content (AvgIpc) is 2.97. The van der Waals surface area contributed by atoms with Crippen molar-refractivity contribution in [2.24, 2.45) is 0 Å². The number of rotatable bonds is 3. The molecule has 2 heterocycles. The minimum Gasteiger partial charge on any atom is -0.512 e. The van der Waals surface area contributed by atoms with Crippen molar-refractivity contribution in [1.29, 1.82) is 0 Å². The zero-order chi connectivity index (χ0) is 27.5. The number of fused-ring (bicyclic) bond motifs is 2. The summed E-state index contributed by atoms with van der Waals surface area (Å²) in [6.07, 6.45) is 1.17. The van der Waals surface area contributed by atoms with Crippen LogP contribution in [-0.2, 0) is 24.9 Å². The van der Waals surface area contributed by atoms with Crippen LogP contribution in [0.3, 0.4) is 0 Å². The monoisotopic (exact) mass is 701 g/mol. The third-order valence-corrected chi connectivity index (χ3v) is 5.58. The fraction of sp³-hybridized carbons (Fsp3) is 0.0571. The topological polar surface area (TPSA) is 63.1 Å². The Balaban J connectivity index is 0.000000177. The predicted molar refractivity (Wildman–Crippen MR) is 159 cm³/mol. The van der Waals surface area contributed by atoms with Crippen molar-refractivity contribution in [2.45, 2.75) is 13.8 Å². The van der Waals surface area contributed by atoms with Crippen molar-refractivity contribution in [3.8, 4) is 22.5 Å². The Bertz CT molecular complexity index is 1580. The second kappa shape index (κ2) is 15.2. The molecular weight excluding hydrogens is 673 g/mol. The number of aliphatic hydroxyl groups excluding tert-OH is 1. The minimum absolute atomic E-state index is 0. The molecule has 40 heavy (non-hydrogen) atoms. The third-order valence-electron chi connectivity index (χ3n) is 5.58. The molecule has 4 nitrogen and oxygen atoms in total. The molecule has 1 radical (unpaired) electrons. The maximum absolute atomic E-state index is 10.0. The fourth-order valence-electron chi connectivity index (χ4n) is 3.83. The van der Waals surface area contributed by atoms with E-state index in [-0.39, 0.29) is 31.6 Å². The number of nitrogens with zero attached hydrogens (tertiary/aromatic N) is 2. The van der Waals surface area contributed by atoms with Crippen LogP contribution >= 0.6 is 0 Å². The number of pyridine rings is 2. The zero-order valence-electron chi connectivity index (χ0n) is 22.2. The van der Waals surface area contributed by atoms with Crippen molar-refractivity contribution in [2.75, 3.05) is 0 Å². The van der Waals surface area contributed by atoms with Gasteiger partial charge in [0.25, 0.3) is 0 Å². The number of ketones is 1. The van der Waals surface area contributed by atoms with Crippen molar-refractivity contribution < 1.29 is 30.0 Å². The van der Waals surface area contributed by atoms with Crippen LogP contribution in [0.25, 0.3) is 44.3 Å². The number of hydrogen-bond acceptors (Lipinski definition) is 4. The summed E-state index contributed by atoms with van der Waals surface area (Å²) in [5.74, 6) is -0.0625. The maximum Gasteiger partial charge on any atom is 0.155 e. The quantitative estimate of drug-likeness (QED) is 0.114. The second-order valence-electron chi connectivity index (χ2n) is 8.73. The summed E-state index contributed by atoms with van der Waals surface area (Å²) in [7, 11) is 0. The first-order valence-corrected chi connectivity index (χ1v) is 12.5. The van der Waals surface area contributed by atoms with Crippen LogP contribution in [0.1, 0.15) is 13.8 Å². The molecule has 0 aliphatic rings. The Kier molecular flexibility index (Phi) is 11.5. The van der Waals surface area contributed by atoms with Crippen LogP contribution < -0.4 is 0 Å². The molecule has 6 rings (SSSR count). The number of aromatic nitrogens is 2. The predicted octanol–water partition coefficient (Wildman–Crippen LogP) is 8.44. The Hall–Kier alpha value is -4.44. The molecule has 4 aromatic carbocycles. The molecule has 0 spiro atoms. The molecule has 0 aliphatic heterocycles. The third kappa shape index (κ3) is 8.81. The van der Waals surface area contributed by atoms with E-state index in [0.717, 1.165) is 33.5 Å². The minimum atomic E-state index is -0.125. The molecule has 0 bridgehead atoms. The van der Waals surface area contributed by atoms with Gasteiger partial charge < -0.3 is 5.11 Å². The summed E-state index contributed by atoms with van der Waals surface area (Å²) < 4.78 is 0. The van der Waals surface area contributed by atoms with Crippen molar-refractivity contribution in [3.05, 3.63) is 145 Å². The van der Waals surface area contributed by atoms with Crippen LogP contribution in [0.5, 0.6) is 0 Å². The van der Waals surface area contributed by atoms with E-state index >= 15 is 0 Å². The summed E-state index contributed by atoms with van der Waals surface area (Å²) in [6.45, 7) is 2.85. The van der Waals surface area contributed by atoms with Gasteiger partial charge in [-0.3, -0.25) is 14.8 Å². The maximum atomic E-state index is 10.0. The number of aliphatic hydroxyl groups is 1. The van der Waals surface area contributed by atoms with Crippen molar-refractivity contribution in [1.82, 2.24) is 9.97 Å². The number of allylic oxidation sites excluding steroid dienone is 2. The van der Waals surface area contributed by atoms with E-state index in [1.165, 1.54) is 30.7 Å². The van der Waals surface area contributed by atoms with E-state index in [2.05, 4.69) is 46.4 Å². The SMILES string of the molecule is CC(=O)C=C(C)O.[Ir].[c-]1ccccc1-c1ccc2ccccc2n1.[c-]1ccccc1-c1ccc2ccccc2n1. The van der Waals surface area contributed by atoms with E-state index in [9.17, 15) is 4.79 Å². The molecule has 0 amide bonds. The number of para-hydroxylation sites is 2. The number of carbonyl (C=O) groups excluding carboxylic acids is 1. The summed E-state index contributed by atoms with van der Waals surface area (Å²) in [4.78, 5) is 19.2. The fourth-order valence-corrected chi connectivity index (χ4v) is 3.83. The average molecular weight is 701 g/mol. The van der Waals surface area contributed by atoms with E-state index in [1.807, 2.05) is 97.1 Å². The molecule has 0 saturated carbocycles. The molecule has 0 aliphatic carbocycles. The van der Waals surface area contributed by atoms with Crippen molar-refractivity contribution >= 4 is 27.6 Å². The van der Waals surface area contributed by atoms with Gasteiger partial charge in [-0.1, -0.05) is 60.7 Å². The number of hydrogen-bond donors (Lipinski definition) is 1. The molecule has 0 atom stereocenters. The van der Waals surface area contributed by atoms with Gasteiger partial charge in [-0.2, -0.15) is 0 Å². The number of benzene rings is 4. The normalized spacial score (nSPS) is 10.4. The molecule has 0 unspecified atom stereocenters. The van der Waals surface area contributed by atoms with Crippen LogP contribution in [0.4, 0.5) is 0 Å².